The van der Waals surface area contributed by atoms with Gasteiger partial charge in [-0.05, 0) is 39.8 Å². The van der Waals surface area contributed by atoms with E-state index in [2.05, 4.69) is 0 Å². The molecule has 0 aromatic heterocycles. The van der Waals surface area contributed by atoms with Crippen LogP contribution >= 0.6 is 0 Å². The van der Waals surface area contributed by atoms with Gasteiger partial charge in [-0.2, -0.15) is 0 Å². The first-order valence-electron chi connectivity index (χ1n) is 6.99. The first-order chi connectivity index (χ1) is 9.81. The maximum atomic E-state index is 12.0. The van der Waals surface area contributed by atoms with Gasteiger partial charge in [-0.25, -0.2) is 0 Å². The number of nitrogens with zero attached hydrogens (tertiary/aromatic N) is 1. The van der Waals surface area contributed by atoms with Crippen molar-refractivity contribution in [3.05, 3.63) is 30.3 Å². The summed E-state index contributed by atoms with van der Waals surface area (Å²) < 4.78 is 10.2. The van der Waals surface area contributed by atoms with Gasteiger partial charge in [0.25, 0.3) is 0 Å². The molecule has 0 amide bonds. The fourth-order valence-corrected chi connectivity index (χ4v) is 1.77. The van der Waals surface area contributed by atoms with Crippen molar-refractivity contribution in [3.63, 3.8) is 0 Å². The summed E-state index contributed by atoms with van der Waals surface area (Å²) >= 11 is 0. The van der Waals surface area contributed by atoms with Crippen LogP contribution in [0.25, 0.3) is 0 Å². The average molecular weight is 293 g/mol. The number of carbonyl (C=O) groups is 2. The molecule has 0 aliphatic carbocycles. The number of ether oxygens (including phenoxy) is 2. The summed E-state index contributed by atoms with van der Waals surface area (Å²) in [6.45, 7) is 7.50. The molecule has 1 aromatic carbocycles. The van der Waals surface area contributed by atoms with Crippen molar-refractivity contribution < 1.29 is 19.1 Å². The molecule has 5 heteroatoms. The smallest absolute Gasteiger partial charge is 0.326 e. The number of anilines is 1. The fourth-order valence-electron chi connectivity index (χ4n) is 1.77. The molecule has 0 radical (unpaired) electrons. The molecular formula is C16H23NO4. The molecule has 116 valence electrons. The standard InChI is InChI=1S/C16H23NO4/c1-5-20-14(18)11-17(13-9-7-6-8-10-13)12-15(19)21-16(2,3)4/h6-10H,5,11-12H2,1-4H3. The van der Waals surface area contributed by atoms with E-state index < -0.39 is 5.60 Å². The zero-order chi connectivity index (χ0) is 15.9. The Morgan fingerprint density at radius 3 is 2.14 bits per heavy atom. The van der Waals surface area contributed by atoms with Crippen molar-refractivity contribution in [2.45, 2.75) is 33.3 Å². The molecule has 21 heavy (non-hydrogen) atoms. The van der Waals surface area contributed by atoms with Crippen molar-refractivity contribution >= 4 is 17.6 Å². The Kier molecular flexibility index (Phi) is 6.21. The van der Waals surface area contributed by atoms with E-state index >= 15 is 0 Å². The van der Waals surface area contributed by atoms with Crippen molar-refractivity contribution in [1.29, 1.82) is 0 Å². The summed E-state index contributed by atoms with van der Waals surface area (Å²) in [5.74, 6) is -0.749. The molecule has 0 saturated carbocycles. The molecule has 0 spiro atoms. The van der Waals surface area contributed by atoms with Gasteiger partial charge in [-0.3, -0.25) is 9.59 Å². The summed E-state index contributed by atoms with van der Waals surface area (Å²) in [5.41, 5.74) is 0.222. The maximum Gasteiger partial charge on any atom is 0.326 e. The van der Waals surface area contributed by atoms with Crippen LogP contribution in [-0.4, -0.2) is 37.2 Å². The predicted molar refractivity (Wildman–Crippen MR) is 81.1 cm³/mol. The van der Waals surface area contributed by atoms with Crippen LogP contribution in [0, 0.1) is 0 Å². The van der Waals surface area contributed by atoms with Gasteiger partial charge in [0.05, 0.1) is 6.61 Å². The molecular weight excluding hydrogens is 270 g/mol. The number of hydrogen-bond donors (Lipinski definition) is 0. The van der Waals surface area contributed by atoms with Gasteiger partial charge in [0.15, 0.2) is 0 Å². The predicted octanol–water partition coefficient (Wildman–Crippen LogP) is 2.40. The molecule has 0 aliphatic heterocycles. The van der Waals surface area contributed by atoms with E-state index in [-0.39, 0.29) is 25.0 Å². The van der Waals surface area contributed by atoms with Gasteiger partial charge in [-0.1, -0.05) is 18.2 Å². The highest BCUT2D eigenvalue weighted by Crippen LogP contribution is 2.14. The minimum Gasteiger partial charge on any atom is -0.465 e. The van der Waals surface area contributed by atoms with Crippen molar-refractivity contribution in [2.24, 2.45) is 0 Å². The Bertz CT molecular complexity index is 465. The Hall–Kier alpha value is -2.04. The lowest BCUT2D eigenvalue weighted by molar-refractivity contribution is -0.153. The van der Waals surface area contributed by atoms with E-state index in [0.717, 1.165) is 5.69 Å². The Balaban J connectivity index is 2.78. The van der Waals surface area contributed by atoms with E-state index in [1.54, 1.807) is 11.8 Å². The second-order valence-corrected chi connectivity index (χ2v) is 5.58. The minimum absolute atomic E-state index is 0.0000968. The van der Waals surface area contributed by atoms with Gasteiger partial charge in [0, 0.05) is 5.69 Å². The average Bonchev–Trinajstić information content (AvgIpc) is 2.37. The van der Waals surface area contributed by atoms with Crippen LogP contribution in [0.4, 0.5) is 5.69 Å². The Labute approximate surface area is 125 Å². The second kappa shape index (κ2) is 7.67. The lowest BCUT2D eigenvalue weighted by Gasteiger charge is -2.25. The van der Waals surface area contributed by atoms with Crippen molar-refractivity contribution in [2.75, 3.05) is 24.6 Å². The summed E-state index contributed by atoms with van der Waals surface area (Å²) in [5, 5.41) is 0. The van der Waals surface area contributed by atoms with Crippen molar-refractivity contribution in [1.82, 2.24) is 0 Å². The van der Waals surface area contributed by atoms with Crippen LogP contribution in [-0.2, 0) is 19.1 Å². The number of carbonyl (C=O) groups excluding carboxylic acids is 2. The van der Waals surface area contributed by atoms with Crippen LogP contribution in [0.2, 0.25) is 0 Å². The molecule has 0 bridgehead atoms. The van der Waals surface area contributed by atoms with E-state index in [4.69, 9.17) is 9.47 Å². The first-order valence-corrected chi connectivity index (χ1v) is 6.99. The lowest BCUT2D eigenvalue weighted by Crippen LogP contribution is -2.38. The second-order valence-electron chi connectivity index (χ2n) is 5.58. The topological polar surface area (TPSA) is 55.8 Å². The third-order valence-electron chi connectivity index (χ3n) is 2.49. The summed E-state index contributed by atoms with van der Waals surface area (Å²) in [7, 11) is 0. The maximum absolute atomic E-state index is 12.0. The Morgan fingerprint density at radius 2 is 1.62 bits per heavy atom. The highest BCUT2D eigenvalue weighted by Gasteiger charge is 2.21. The molecule has 0 unspecified atom stereocenters. The van der Waals surface area contributed by atoms with Gasteiger partial charge >= 0.3 is 11.9 Å². The van der Waals surface area contributed by atoms with Crippen LogP contribution < -0.4 is 4.90 Å². The number of hydrogen-bond acceptors (Lipinski definition) is 5. The molecule has 0 atom stereocenters. The molecule has 0 fully saturated rings. The molecule has 1 aromatic rings. The summed E-state index contributed by atoms with van der Waals surface area (Å²) in [6.07, 6.45) is 0. The van der Waals surface area contributed by atoms with Gasteiger partial charge in [0.1, 0.15) is 18.7 Å². The number of rotatable bonds is 6. The van der Waals surface area contributed by atoms with Crippen LogP contribution in [0.3, 0.4) is 0 Å². The molecule has 1 rings (SSSR count). The van der Waals surface area contributed by atoms with Crippen LogP contribution in [0.15, 0.2) is 30.3 Å². The molecule has 0 aliphatic rings. The van der Waals surface area contributed by atoms with Crippen LogP contribution in [0.5, 0.6) is 0 Å². The number of benzene rings is 1. The number of esters is 2. The molecule has 0 saturated heterocycles. The third kappa shape index (κ3) is 6.79. The molecule has 0 heterocycles. The summed E-state index contributed by atoms with van der Waals surface area (Å²) in [6, 6.07) is 9.25. The SMILES string of the molecule is CCOC(=O)CN(CC(=O)OC(C)(C)C)c1ccccc1. The fraction of sp³-hybridized carbons (Fsp3) is 0.500. The zero-order valence-electron chi connectivity index (χ0n) is 13.1. The minimum atomic E-state index is -0.552. The quantitative estimate of drug-likeness (QED) is 0.754. The first kappa shape index (κ1) is 17.0. The van der Waals surface area contributed by atoms with E-state index in [1.165, 1.54) is 0 Å². The summed E-state index contributed by atoms with van der Waals surface area (Å²) in [4.78, 5) is 25.3. The Morgan fingerprint density at radius 1 is 1.05 bits per heavy atom. The molecule has 5 nitrogen and oxygen atoms in total. The van der Waals surface area contributed by atoms with Gasteiger partial charge < -0.3 is 14.4 Å². The lowest BCUT2D eigenvalue weighted by atomic mass is 10.2. The van der Waals surface area contributed by atoms with Gasteiger partial charge in [0.2, 0.25) is 0 Å². The normalized spacial score (nSPS) is 10.9. The molecule has 0 N–H and O–H groups in total. The van der Waals surface area contributed by atoms with Crippen LogP contribution in [0.1, 0.15) is 27.7 Å². The number of para-hydroxylation sites is 1. The zero-order valence-corrected chi connectivity index (χ0v) is 13.1. The van der Waals surface area contributed by atoms with Crippen molar-refractivity contribution in [3.8, 4) is 0 Å². The van der Waals surface area contributed by atoms with E-state index in [1.807, 2.05) is 51.1 Å². The largest absolute Gasteiger partial charge is 0.465 e. The highest BCUT2D eigenvalue weighted by atomic mass is 16.6. The van der Waals surface area contributed by atoms with E-state index in [0.29, 0.717) is 6.61 Å². The monoisotopic (exact) mass is 293 g/mol. The van der Waals surface area contributed by atoms with Gasteiger partial charge in [-0.15, -0.1) is 0 Å². The third-order valence-corrected chi connectivity index (χ3v) is 2.49. The van der Waals surface area contributed by atoms with E-state index in [9.17, 15) is 9.59 Å². The highest BCUT2D eigenvalue weighted by molar-refractivity contribution is 5.81.